The normalized spacial score (nSPS) is 18.8. The standard InChI is InChI=1S/C13H15NO4S/c15-10-7-8(4-5-9(10)13(17)18)14-12(16)11-3-1-2-6-19-11/h4-5,7,11,15H,1-3,6H2,(H,14,16)(H,17,18). The molecule has 0 radical (unpaired) electrons. The SMILES string of the molecule is O=C(O)c1ccc(NC(=O)C2CCCCS2)cc1O. The molecule has 5 nitrogen and oxygen atoms in total. The van der Waals surface area contributed by atoms with Crippen molar-refractivity contribution in [2.24, 2.45) is 0 Å². The second-order valence-corrected chi connectivity index (χ2v) is 5.69. The second-order valence-electron chi connectivity index (χ2n) is 4.38. The molecule has 1 aliphatic heterocycles. The molecule has 3 N–H and O–H groups in total. The highest BCUT2D eigenvalue weighted by Crippen LogP contribution is 2.27. The average molecular weight is 281 g/mol. The third kappa shape index (κ3) is 3.41. The molecule has 1 fully saturated rings. The summed E-state index contributed by atoms with van der Waals surface area (Å²) in [6, 6.07) is 4.02. The minimum absolute atomic E-state index is 0.0601. The van der Waals surface area contributed by atoms with Crippen molar-refractivity contribution in [2.45, 2.75) is 24.5 Å². The third-order valence-electron chi connectivity index (χ3n) is 2.97. The van der Waals surface area contributed by atoms with E-state index >= 15 is 0 Å². The number of anilines is 1. The number of hydrogen-bond donors (Lipinski definition) is 3. The van der Waals surface area contributed by atoms with E-state index in [1.54, 1.807) is 11.8 Å². The molecule has 0 spiro atoms. The van der Waals surface area contributed by atoms with Gasteiger partial charge in [-0.05, 0) is 30.7 Å². The number of benzene rings is 1. The minimum Gasteiger partial charge on any atom is -0.507 e. The number of nitrogens with one attached hydrogen (secondary N) is 1. The highest BCUT2D eigenvalue weighted by molar-refractivity contribution is 8.00. The number of thioether (sulfide) groups is 1. The first-order valence-corrected chi connectivity index (χ1v) is 7.11. The zero-order valence-electron chi connectivity index (χ0n) is 10.3. The van der Waals surface area contributed by atoms with Crippen LogP contribution >= 0.6 is 11.8 Å². The van der Waals surface area contributed by atoms with Crippen molar-refractivity contribution >= 4 is 29.3 Å². The van der Waals surface area contributed by atoms with Crippen LogP contribution in [0.1, 0.15) is 29.6 Å². The van der Waals surface area contributed by atoms with Crippen molar-refractivity contribution in [3.05, 3.63) is 23.8 Å². The van der Waals surface area contributed by atoms with Crippen LogP contribution in [0.4, 0.5) is 5.69 Å². The van der Waals surface area contributed by atoms with Crippen LogP contribution in [0.3, 0.4) is 0 Å². The second kappa shape index (κ2) is 5.97. The fraction of sp³-hybridized carbons (Fsp3) is 0.385. The molecule has 1 saturated heterocycles. The molecule has 1 atom stereocenters. The van der Waals surface area contributed by atoms with Crippen LogP contribution in [0, 0.1) is 0 Å². The molecule has 1 heterocycles. The van der Waals surface area contributed by atoms with Crippen molar-refractivity contribution in [1.82, 2.24) is 0 Å². The predicted octanol–water partition coefficient (Wildman–Crippen LogP) is 2.31. The Morgan fingerprint density at radius 3 is 2.68 bits per heavy atom. The van der Waals surface area contributed by atoms with Gasteiger partial charge in [-0.1, -0.05) is 6.42 Å². The molecule has 1 unspecified atom stereocenters. The Bertz CT molecular complexity index is 497. The molecule has 0 bridgehead atoms. The van der Waals surface area contributed by atoms with Gasteiger partial charge < -0.3 is 15.5 Å². The number of rotatable bonds is 3. The maximum atomic E-state index is 12.0. The number of carbonyl (C=O) groups excluding carboxylic acids is 1. The molecular weight excluding hydrogens is 266 g/mol. The van der Waals surface area contributed by atoms with Gasteiger partial charge in [0.1, 0.15) is 11.3 Å². The first-order valence-electron chi connectivity index (χ1n) is 6.06. The van der Waals surface area contributed by atoms with Crippen molar-refractivity contribution in [2.75, 3.05) is 11.1 Å². The van der Waals surface area contributed by atoms with Gasteiger partial charge in [-0.3, -0.25) is 4.79 Å². The zero-order chi connectivity index (χ0) is 13.8. The molecule has 1 aliphatic rings. The highest BCUT2D eigenvalue weighted by Gasteiger charge is 2.22. The number of aromatic hydroxyl groups is 1. The summed E-state index contributed by atoms with van der Waals surface area (Å²) in [4.78, 5) is 22.7. The van der Waals surface area contributed by atoms with Crippen molar-refractivity contribution in [1.29, 1.82) is 0 Å². The number of phenols is 1. The Morgan fingerprint density at radius 1 is 1.32 bits per heavy atom. The van der Waals surface area contributed by atoms with Crippen LogP contribution in [-0.2, 0) is 4.79 Å². The summed E-state index contributed by atoms with van der Waals surface area (Å²) >= 11 is 1.63. The summed E-state index contributed by atoms with van der Waals surface area (Å²) in [7, 11) is 0. The van der Waals surface area contributed by atoms with Gasteiger partial charge in [-0.2, -0.15) is 0 Å². The number of hydrogen-bond acceptors (Lipinski definition) is 4. The van der Waals surface area contributed by atoms with Gasteiger partial charge in [0.2, 0.25) is 5.91 Å². The van der Waals surface area contributed by atoms with E-state index in [-0.39, 0.29) is 22.5 Å². The molecule has 2 rings (SSSR count). The number of carboxylic acids is 1. The van der Waals surface area contributed by atoms with Gasteiger partial charge in [-0.25, -0.2) is 4.79 Å². The van der Waals surface area contributed by atoms with Gasteiger partial charge in [0.15, 0.2) is 0 Å². The van der Waals surface area contributed by atoms with E-state index in [4.69, 9.17) is 5.11 Å². The molecule has 0 aliphatic carbocycles. The summed E-state index contributed by atoms with van der Waals surface area (Å²) in [5.41, 5.74) is 0.240. The molecule has 0 aromatic heterocycles. The summed E-state index contributed by atoms with van der Waals surface area (Å²) < 4.78 is 0. The van der Waals surface area contributed by atoms with Crippen molar-refractivity contribution in [3.63, 3.8) is 0 Å². The van der Waals surface area contributed by atoms with E-state index in [1.807, 2.05) is 0 Å². The maximum absolute atomic E-state index is 12.0. The van der Waals surface area contributed by atoms with Crippen LogP contribution in [-0.4, -0.2) is 33.1 Å². The van der Waals surface area contributed by atoms with E-state index in [2.05, 4.69) is 5.32 Å². The highest BCUT2D eigenvalue weighted by atomic mass is 32.2. The van der Waals surface area contributed by atoms with Gasteiger partial charge in [0.05, 0.1) is 5.25 Å². The monoisotopic (exact) mass is 281 g/mol. The molecule has 102 valence electrons. The van der Waals surface area contributed by atoms with E-state index in [9.17, 15) is 14.7 Å². The lowest BCUT2D eigenvalue weighted by Gasteiger charge is -2.20. The average Bonchev–Trinajstić information content (AvgIpc) is 2.39. The summed E-state index contributed by atoms with van der Waals surface area (Å²) in [6.07, 6.45) is 3.05. The summed E-state index contributed by atoms with van der Waals surface area (Å²) in [5, 5.41) is 21.0. The molecule has 1 aromatic rings. The van der Waals surface area contributed by atoms with Crippen LogP contribution < -0.4 is 5.32 Å². The van der Waals surface area contributed by atoms with Crippen LogP contribution in [0.2, 0.25) is 0 Å². The first-order chi connectivity index (χ1) is 9.08. The third-order valence-corrected chi connectivity index (χ3v) is 4.34. The first kappa shape index (κ1) is 13.7. The Labute approximate surface area is 115 Å². The molecule has 19 heavy (non-hydrogen) atoms. The summed E-state index contributed by atoms with van der Waals surface area (Å²) in [5.74, 6) is -0.645. The lowest BCUT2D eigenvalue weighted by atomic mass is 10.1. The van der Waals surface area contributed by atoms with E-state index in [1.165, 1.54) is 18.2 Å². The van der Waals surface area contributed by atoms with Crippen LogP contribution in [0.15, 0.2) is 18.2 Å². The van der Waals surface area contributed by atoms with Crippen LogP contribution in [0.5, 0.6) is 5.75 Å². The quantitative estimate of drug-likeness (QED) is 0.791. The fourth-order valence-electron chi connectivity index (χ4n) is 1.96. The van der Waals surface area contributed by atoms with Crippen LogP contribution in [0.25, 0.3) is 0 Å². The fourth-order valence-corrected chi connectivity index (χ4v) is 3.16. The summed E-state index contributed by atoms with van der Waals surface area (Å²) in [6.45, 7) is 0. The van der Waals surface area contributed by atoms with Gasteiger partial charge in [0, 0.05) is 11.8 Å². The van der Waals surface area contributed by atoms with Gasteiger partial charge in [0.25, 0.3) is 0 Å². The molecule has 1 aromatic carbocycles. The smallest absolute Gasteiger partial charge is 0.339 e. The molecule has 0 saturated carbocycles. The maximum Gasteiger partial charge on any atom is 0.339 e. The Balaban J connectivity index is 2.04. The van der Waals surface area contributed by atoms with Gasteiger partial charge >= 0.3 is 5.97 Å². The number of amides is 1. The largest absolute Gasteiger partial charge is 0.507 e. The zero-order valence-corrected chi connectivity index (χ0v) is 11.1. The number of carbonyl (C=O) groups is 2. The Kier molecular flexibility index (Phi) is 4.31. The van der Waals surface area contributed by atoms with Crippen molar-refractivity contribution < 1.29 is 19.8 Å². The lowest BCUT2D eigenvalue weighted by molar-refractivity contribution is -0.115. The lowest BCUT2D eigenvalue weighted by Crippen LogP contribution is -2.27. The van der Waals surface area contributed by atoms with E-state index in [0.717, 1.165) is 25.0 Å². The predicted molar refractivity (Wildman–Crippen MR) is 73.8 cm³/mol. The Hall–Kier alpha value is -1.69. The molecule has 6 heteroatoms. The topological polar surface area (TPSA) is 86.6 Å². The van der Waals surface area contributed by atoms with E-state index in [0.29, 0.717) is 5.69 Å². The molecular formula is C13H15NO4S. The number of aromatic carboxylic acids is 1. The van der Waals surface area contributed by atoms with Gasteiger partial charge in [-0.15, -0.1) is 11.8 Å². The minimum atomic E-state index is -1.20. The number of carboxylic acid groups (broad SMARTS) is 1. The Morgan fingerprint density at radius 2 is 2.11 bits per heavy atom. The molecule has 1 amide bonds. The van der Waals surface area contributed by atoms with E-state index < -0.39 is 5.97 Å². The van der Waals surface area contributed by atoms with Crippen molar-refractivity contribution in [3.8, 4) is 5.75 Å².